The lowest BCUT2D eigenvalue weighted by Gasteiger charge is -2.07. The number of nitrogens with one attached hydrogen (secondary N) is 1. The normalized spacial score (nSPS) is 10.3. The second-order valence-electron chi connectivity index (χ2n) is 4.83. The third-order valence-electron chi connectivity index (χ3n) is 3.06. The van der Waals surface area contributed by atoms with Gasteiger partial charge in [0.05, 0.1) is 5.56 Å². The van der Waals surface area contributed by atoms with E-state index in [0.29, 0.717) is 13.0 Å². The molecule has 1 amide bonds. The van der Waals surface area contributed by atoms with E-state index >= 15 is 0 Å². The minimum Gasteiger partial charge on any atom is -0.507 e. The maximum absolute atomic E-state index is 13.0. The van der Waals surface area contributed by atoms with E-state index in [9.17, 15) is 19.1 Å². The molecule has 5 nitrogen and oxygen atoms in total. The molecule has 1 aromatic carbocycles. The first-order chi connectivity index (χ1) is 10.0. The Labute approximate surface area is 122 Å². The minimum atomic E-state index is -0.780. The summed E-state index contributed by atoms with van der Waals surface area (Å²) in [5, 5.41) is 20.6. The molecule has 0 unspecified atom stereocenters. The maximum Gasteiger partial charge on any atom is 0.303 e. The molecule has 0 aliphatic heterocycles. The van der Waals surface area contributed by atoms with Crippen molar-refractivity contribution >= 4 is 11.9 Å². The fourth-order valence-electron chi connectivity index (χ4n) is 1.92. The Kier molecular flexibility index (Phi) is 7.21. The van der Waals surface area contributed by atoms with Gasteiger partial charge in [-0.25, -0.2) is 4.39 Å². The number of amides is 1. The van der Waals surface area contributed by atoms with Gasteiger partial charge in [-0.1, -0.05) is 19.3 Å². The summed E-state index contributed by atoms with van der Waals surface area (Å²) in [6.07, 6.45) is 4.26. The van der Waals surface area contributed by atoms with Gasteiger partial charge >= 0.3 is 5.97 Å². The van der Waals surface area contributed by atoms with Crippen molar-refractivity contribution in [1.29, 1.82) is 0 Å². The van der Waals surface area contributed by atoms with Crippen molar-refractivity contribution in [1.82, 2.24) is 5.32 Å². The topological polar surface area (TPSA) is 86.6 Å². The molecule has 0 fully saturated rings. The Hall–Kier alpha value is -2.11. The molecular formula is C15H20FNO4. The van der Waals surface area contributed by atoms with Gasteiger partial charge in [0, 0.05) is 13.0 Å². The first kappa shape index (κ1) is 16.9. The Morgan fingerprint density at radius 2 is 1.76 bits per heavy atom. The van der Waals surface area contributed by atoms with Crippen LogP contribution in [0, 0.1) is 5.82 Å². The molecule has 0 aromatic heterocycles. The number of benzene rings is 1. The molecule has 0 spiro atoms. The van der Waals surface area contributed by atoms with Crippen LogP contribution < -0.4 is 5.32 Å². The van der Waals surface area contributed by atoms with Crippen molar-refractivity contribution in [3.63, 3.8) is 0 Å². The van der Waals surface area contributed by atoms with E-state index in [1.54, 1.807) is 0 Å². The predicted molar refractivity (Wildman–Crippen MR) is 75.7 cm³/mol. The highest BCUT2D eigenvalue weighted by Crippen LogP contribution is 2.17. The molecule has 6 heteroatoms. The van der Waals surface area contributed by atoms with E-state index in [4.69, 9.17) is 5.11 Å². The zero-order chi connectivity index (χ0) is 15.7. The SMILES string of the molecule is O=C(O)CCCCCCCNC(=O)c1cc(F)ccc1O. The molecule has 3 N–H and O–H groups in total. The average molecular weight is 297 g/mol. The third kappa shape index (κ3) is 6.74. The molecule has 0 saturated heterocycles. The molecule has 0 atom stereocenters. The second-order valence-corrected chi connectivity index (χ2v) is 4.83. The van der Waals surface area contributed by atoms with Crippen LogP contribution in [0.2, 0.25) is 0 Å². The van der Waals surface area contributed by atoms with Gasteiger partial charge in [0.25, 0.3) is 5.91 Å². The number of carboxylic acids is 1. The Morgan fingerprint density at radius 3 is 2.48 bits per heavy atom. The fourth-order valence-corrected chi connectivity index (χ4v) is 1.92. The standard InChI is InChI=1S/C15H20FNO4/c16-11-7-8-13(18)12(10-11)15(21)17-9-5-3-1-2-4-6-14(19)20/h7-8,10,18H,1-6,9H2,(H,17,21)(H,19,20). The molecule has 0 radical (unpaired) electrons. The van der Waals surface area contributed by atoms with Crippen LogP contribution in [0.5, 0.6) is 5.75 Å². The van der Waals surface area contributed by atoms with Crippen LogP contribution in [-0.2, 0) is 4.79 Å². The summed E-state index contributed by atoms with van der Waals surface area (Å²) < 4.78 is 13.0. The van der Waals surface area contributed by atoms with E-state index < -0.39 is 17.7 Å². The minimum absolute atomic E-state index is 0.0727. The molecule has 116 valence electrons. The number of aliphatic carboxylic acids is 1. The van der Waals surface area contributed by atoms with Crippen molar-refractivity contribution in [3.05, 3.63) is 29.6 Å². The first-order valence-corrected chi connectivity index (χ1v) is 6.99. The van der Waals surface area contributed by atoms with Crippen molar-refractivity contribution in [2.75, 3.05) is 6.54 Å². The van der Waals surface area contributed by atoms with Gasteiger partial charge in [0.1, 0.15) is 11.6 Å². The van der Waals surface area contributed by atoms with Gasteiger partial charge in [-0.3, -0.25) is 9.59 Å². The summed E-state index contributed by atoms with van der Waals surface area (Å²) in [4.78, 5) is 22.0. The number of phenolic OH excluding ortho intramolecular Hbond substituents is 1. The number of hydrogen-bond donors (Lipinski definition) is 3. The van der Waals surface area contributed by atoms with Gasteiger partial charge in [0.2, 0.25) is 0 Å². The highest BCUT2D eigenvalue weighted by Gasteiger charge is 2.11. The van der Waals surface area contributed by atoms with Crippen LogP contribution in [-0.4, -0.2) is 28.6 Å². The molecule has 1 rings (SSSR count). The predicted octanol–water partition coefficient (Wildman–Crippen LogP) is 2.69. The van der Waals surface area contributed by atoms with Crippen LogP contribution in [0.1, 0.15) is 48.9 Å². The lowest BCUT2D eigenvalue weighted by atomic mass is 10.1. The zero-order valence-corrected chi connectivity index (χ0v) is 11.8. The summed E-state index contributed by atoms with van der Waals surface area (Å²) in [7, 11) is 0. The van der Waals surface area contributed by atoms with Crippen molar-refractivity contribution in [2.24, 2.45) is 0 Å². The number of carbonyl (C=O) groups excluding carboxylic acids is 1. The number of unbranched alkanes of at least 4 members (excludes halogenated alkanes) is 4. The van der Waals surface area contributed by atoms with Crippen LogP contribution in [0.3, 0.4) is 0 Å². The molecular weight excluding hydrogens is 277 g/mol. The number of phenols is 1. The van der Waals surface area contributed by atoms with E-state index in [-0.39, 0.29) is 17.7 Å². The maximum atomic E-state index is 13.0. The Morgan fingerprint density at radius 1 is 1.10 bits per heavy atom. The molecule has 0 heterocycles. The highest BCUT2D eigenvalue weighted by atomic mass is 19.1. The molecule has 0 aliphatic carbocycles. The van der Waals surface area contributed by atoms with Gasteiger partial charge in [-0.2, -0.15) is 0 Å². The number of carboxylic acid groups (broad SMARTS) is 1. The quantitative estimate of drug-likeness (QED) is 0.612. The van der Waals surface area contributed by atoms with E-state index in [1.807, 2.05) is 0 Å². The number of rotatable bonds is 9. The van der Waals surface area contributed by atoms with Gasteiger partial charge in [0.15, 0.2) is 0 Å². The molecule has 21 heavy (non-hydrogen) atoms. The molecule has 0 bridgehead atoms. The van der Waals surface area contributed by atoms with E-state index in [1.165, 1.54) is 0 Å². The summed E-state index contributed by atoms with van der Waals surface area (Å²) in [5.41, 5.74) is -0.0727. The van der Waals surface area contributed by atoms with Crippen LogP contribution in [0.25, 0.3) is 0 Å². The van der Waals surface area contributed by atoms with Crippen LogP contribution in [0.15, 0.2) is 18.2 Å². The average Bonchev–Trinajstić information content (AvgIpc) is 2.43. The largest absolute Gasteiger partial charge is 0.507 e. The number of halogens is 1. The summed E-state index contributed by atoms with van der Waals surface area (Å²) in [6.45, 7) is 0.438. The van der Waals surface area contributed by atoms with Gasteiger partial charge in [-0.15, -0.1) is 0 Å². The van der Waals surface area contributed by atoms with Crippen molar-refractivity contribution < 1.29 is 24.2 Å². The Bertz CT molecular complexity index is 491. The molecule has 0 aliphatic rings. The van der Waals surface area contributed by atoms with Crippen LogP contribution >= 0.6 is 0 Å². The summed E-state index contributed by atoms with van der Waals surface area (Å²) in [6, 6.07) is 3.23. The lowest BCUT2D eigenvalue weighted by molar-refractivity contribution is -0.137. The smallest absolute Gasteiger partial charge is 0.303 e. The summed E-state index contributed by atoms with van der Waals surface area (Å²) >= 11 is 0. The second kappa shape index (κ2) is 8.94. The summed E-state index contributed by atoms with van der Waals surface area (Å²) in [5.74, 6) is -2.10. The number of aromatic hydroxyl groups is 1. The number of carbonyl (C=O) groups is 2. The highest BCUT2D eigenvalue weighted by molar-refractivity contribution is 5.96. The molecule has 0 saturated carbocycles. The van der Waals surface area contributed by atoms with Crippen LogP contribution in [0.4, 0.5) is 4.39 Å². The molecule has 1 aromatic rings. The zero-order valence-electron chi connectivity index (χ0n) is 11.8. The monoisotopic (exact) mass is 297 g/mol. The fraction of sp³-hybridized carbons (Fsp3) is 0.467. The third-order valence-corrected chi connectivity index (χ3v) is 3.06. The van der Waals surface area contributed by atoms with Crippen molar-refractivity contribution in [3.8, 4) is 5.75 Å². The number of hydrogen-bond acceptors (Lipinski definition) is 3. The Balaban J connectivity index is 2.16. The van der Waals surface area contributed by atoms with Crippen molar-refractivity contribution in [2.45, 2.75) is 38.5 Å². The van der Waals surface area contributed by atoms with Gasteiger partial charge in [-0.05, 0) is 31.0 Å². The van der Waals surface area contributed by atoms with E-state index in [2.05, 4.69) is 5.32 Å². The first-order valence-electron chi connectivity index (χ1n) is 6.99. The lowest BCUT2D eigenvalue weighted by Crippen LogP contribution is -2.24. The van der Waals surface area contributed by atoms with Gasteiger partial charge < -0.3 is 15.5 Å². The van der Waals surface area contributed by atoms with E-state index in [0.717, 1.165) is 43.9 Å².